The molecule has 1 rings (SSSR count). The fraction of sp³-hybridized carbons (Fsp3) is 0. The molecule has 0 radical (unpaired) electrons. The Morgan fingerprint density at radius 1 is 1.30 bits per heavy atom. The summed E-state index contributed by atoms with van der Waals surface area (Å²) in [6.07, 6.45) is 0. The molecule has 2 N–H and O–H groups in total. The molecule has 0 saturated heterocycles. The molecule has 0 spiro atoms. The molecule has 10 heavy (non-hydrogen) atoms. The molecule has 1 aromatic carbocycles. The smallest absolute Gasteiger partial charge is 0.0507 e. The second-order valence-corrected chi connectivity index (χ2v) is 3.04. The van der Waals surface area contributed by atoms with Gasteiger partial charge in [0.2, 0.25) is 0 Å². The highest BCUT2D eigenvalue weighted by atomic mass is 79.9. The van der Waals surface area contributed by atoms with Gasteiger partial charge in [0, 0.05) is 20.6 Å². The zero-order valence-electron chi connectivity index (χ0n) is 5.07. The molecule has 0 aliphatic carbocycles. The minimum absolute atomic E-state index is 1.01. The van der Waals surface area contributed by atoms with Gasteiger partial charge in [-0.15, -0.1) is 0 Å². The molecule has 0 bridgehead atoms. The topological polar surface area (TPSA) is 24.1 Å². The van der Waals surface area contributed by atoms with Crippen LogP contribution in [-0.2, 0) is 0 Å². The Morgan fingerprint density at radius 2 is 2.10 bits per heavy atom. The lowest BCUT2D eigenvalue weighted by molar-refractivity contribution is 1.24. The van der Waals surface area contributed by atoms with Gasteiger partial charge >= 0.3 is 0 Å². The number of nitrogens with one attached hydrogen (secondary N) is 2. The predicted molar refractivity (Wildman–Crippen MR) is 49.8 cm³/mol. The first kappa shape index (κ1) is 8.04. The van der Waals surface area contributed by atoms with E-state index < -0.39 is 0 Å². The lowest BCUT2D eigenvalue weighted by Crippen LogP contribution is -2.07. The van der Waals surface area contributed by atoms with Gasteiger partial charge in [-0.25, -0.2) is 0 Å². The van der Waals surface area contributed by atoms with E-state index >= 15 is 0 Å². The molecule has 0 aromatic heterocycles. The Kier molecular flexibility index (Phi) is 3.18. The van der Waals surface area contributed by atoms with Crippen LogP contribution in [-0.4, -0.2) is 0 Å². The van der Waals surface area contributed by atoms with E-state index in [4.69, 9.17) is 0 Å². The lowest BCUT2D eigenvalue weighted by atomic mass is 10.3. The van der Waals surface area contributed by atoms with E-state index in [0.717, 1.165) is 10.2 Å². The van der Waals surface area contributed by atoms with Crippen molar-refractivity contribution >= 4 is 37.8 Å². The van der Waals surface area contributed by atoms with Gasteiger partial charge in [-0.05, 0) is 18.2 Å². The number of rotatable bonds is 2. The zero-order chi connectivity index (χ0) is 7.40. The molecule has 2 nitrogen and oxygen atoms in total. The summed E-state index contributed by atoms with van der Waals surface area (Å²) in [6, 6.07) is 7.85. The third-order valence-electron chi connectivity index (χ3n) is 1.02. The van der Waals surface area contributed by atoms with Gasteiger partial charge in [-0.2, -0.15) is 4.45 Å². The average Bonchev–Trinajstić information content (AvgIpc) is 1.88. The van der Waals surface area contributed by atoms with Gasteiger partial charge in [0.1, 0.15) is 0 Å². The number of halogens is 2. The molecule has 0 saturated carbocycles. The second-order valence-electron chi connectivity index (χ2n) is 1.73. The Morgan fingerprint density at radius 3 is 2.70 bits per heavy atom. The molecule has 54 valence electrons. The fourth-order valence-corrected chi connectivity index (χ4v) is 1.25. The van der Waals surface area contributed by atoms with Crippen molar-refractivity contribution in [3.63, 3.8) is 0 Å². The largest absolute Gasteiger partial charge is 0.312 e. The first-order valence-corrected chi connectivity index (χ1v) is 4.29. The molecule has 0 heterocycles. The maximum Gasteiger partial charge on any atom is 0.0507 e. The Balaban J connectivity index is 2.75. The lowest BCUT2D eigenvalue weighted by Gasteiger charge is -2.01. The standard InChI is InChI=1S/C6H6Br2N2/c7-5-2-1-3-6(4-5)9-10-8/h1-4,9-10H. The van der Waals surface area contributed by atoms with E-state index in [1.54, 1.807) is 0 Å². The van der Waals surface area contributed by atoms with E-state index in [9.17, 15) is 0 Å². The maximum absolute atomic E-state index is 3.35. The number of hydrogen-bond donors (Lipinski definition) is 2. The summed E-state index contributed by atoms with van der Waals surface area (Å²) in [5, 5.41) is 0. The molecular weight excluding hydrogens is 260 g/mol. The van der Waals surface area contributed by atoms with Crippen molar-refractivity contribution in [3.05, 3.63) is 28.7 Å². The normalized spacial score (nSPS) is 9.40. The third-order valence-corrected chi connectivity index (χ3v) is 1.71. The fourth-order valence-electron chi connectivity index (χ4n) is 0.621. The maximum atomic E-state index is 3.35. The van der Waals surface area contributed by atoms with Crippen LogP contribution < -0.4 is 9.88 Å². The van der Waals surface area contributed by atoms with Crippen molar-refractivity contribution < 1.29 is 0 Å². The summed E-state index contributed by atoms with van der Waals surface area (Å²) in [4.78, 5) is 0. The van der Waals surface area contributed by atoms with Gasteiger partial charge in [-0.1, -0.05) is 22.0 Å². The van der Waals surface area contributed by atoms with Crippen LogP contribution in [0, 0.1) is 0 Å². The summed E-state index contributed by atoms with van der Waals surface area (Å²) < 4.78 is 3.71. The summed E-state index contributed by atoms with van der Waals surface area (Å²) in [5.41, 5.74) is 3.89. The first-order valence-electron chi connectivity index (χ1n) is 2.70. The summed E-state index contributed by atoms with van der Waals surface area (Å²) in [7, 11) is 0. The van der Waals surface area contributed by atoms with E-state index in [1.165, 1.54) is 0 Å². The van der Waals surface area contributed by atoms with Crippen LogP contribution in [0.25, 0.3) is 0 Å². The molecule has 0 amide bonds. The van der Waals surface area contributed by atoms with Gasteiger partial charge in [0.25, 0.3) is 0 Å². The predicted octanol–water partition coefficient (Wildman–Crippen LogP) is 2.68. The highest BCUT2D eigenvalue weighted by Crippen LogP contribution is 2.14. The van der Waals surface area contributed by atoms with Crippen molar-refractivity contribution in [2.45, 2.75) is 0 Å². The van der Waals surface area contributed by atoms with E-state index in [2.05, 4.69) is 42.0 Å². The third kappa shape index (κ3) is 2.28. The van der Waals surface area contributed by atoms with Gasteiger partial charge in [0.15, 0.2) is 0 Å². The second kappa shape index (κ2) is 3.95. The van der Waals surface area contributed by atoms with Crippen LogP contribution >= 0.6 is 32.1 Å². The van der Waals surface area contributed by atoms with Gasteiger partial charge in [0.05, 0.1) is 5.69 Å². The molecule has 4 heteroatoms. The van der Waals surface area contributed by atoms with Crippen LogP contribution in [0.1, 0.15) is 0 Å². The van der Waals surface area contributed by atoms with Crippen LogP contribution in [0.2, 0.25) is 0 Å². The SMILES string of the molecule is BrNNc1cccc(Br)c1. The molecule has 0 aliphatic rings. The van der Waals surface area contributed by atoms with E-state index in [0.29, 0.717) is 0 Å². The van der Waals surface area contributed by atoms with Crippen LogP contribution in [0.3, 0.4) is 0 Å². The quantitative estimate of drug-likeness (QED) is 0.635. The number of hydrazine groups is 1. The minimum Gasteiger partial charge on any atom is -0.312 e. The Bertz CT molecular complexity index is 215. The first-order chi connectivity index (χ1) is 4.83. The Labute approximate surface area is 76.4 Å². The van der Waals surface area contributed by atoms with Gasteiger partial charge < -0.3 is 5.43 Å². The molecular formula is C6H6Br2N2. The molecule has 0 aliphatic heterocycles. The molecule has 0 atom stereocenters. The molecule has 1 aromatic rings. The van der Waals surface area contributed by atoms with E-state index in [1.807, 2.05) is 24.3 Å². The number of hydrogen-bond acceptors (Lipinski definition) is 2. The van der Waals surface area contributed by atoms with Crippen LogP contribution in [0.5, 0.6) is 0 Å². The molecule has 0 unspecified atom stereocenters. The summed E-state index contributed by atoms with van der Waals surface area (Å²) in [6.45, 7) is 0. The number of benzene rings is 1. The van der Waals surface area contributed by atoms with Crippen molar-refractivity contribution in [1.29, 1.82) is 0 Å². The van der Waals surface area contributed by atoms with Crippen molar-refractivity contribution in [1.82, 2.24) is 4.45 Å². The molecule has 0 fully saturated rings. The van der Waals surface area contributed by atoms with Crippen molar-refractivity contribution in [2.75, 3.05) is 5.43 Å². The zero-order valence-corrected chi connectivity index (χ0v) is 8.24. The monoisotopic (exact) mass is 264 g/mol. The summed E-state index contributed by atoms with van der Waals surface area (Å²) in [5.74, 6) is 0. The number of anilines is 1. The van der Waals surface area contributed by atoms with Crippen molar-refractivity contribution in [3.8, 4) is 0 Å². The Hall–Kier alpha value is -0.0600. The minimum atomic E-state index is 1.01. The van der Waals surface area contributed by atoms with Crippen LogP contribution in [0.15, 0.2) is 28.7 Å². The summed E-state index contributed by atoms with van der Waals surface area (Å²) >= 11 is 6.38. The van der Waals surface area contributed by atoms with E-state index in [-0.39, 0.29) is 0 Å². The average molecular weight is 266 g/mol. The van der Waals surface area contributed by atoms with Crippen molar-refractivity contribution in [2.24, 2.45) is 0 Å². The van der Waals surface area contributed by atoms with Gasteiger partial charge in [-0.3, -0.25) is 0 Å². The van der Waals surface area contributed by atoms with Crippen LogP contribution in [0.4, 0.5) is 5.69 Å². The highest BCUT2D eigenvalue weighted by Gasteiger charge is 1.88. The highest BCUT2D eigenvalue weighted by molar-refractivity contribution is 9.10.